The number of aromatic nitrogens is 1. The van der Waals surface area contributed by atoms with Gasteiger partial charge in [0, 0.05) is 37.3 Å². The van der Waals surface area contributed by atoms with Crippen LogP contribution < -0.4 is 4.80 Å². The molecule has 0 atom stereocenters. The van der Waals surface area contributed by atoms with Gasteiger partial charge in [0.05, 0.1) is 31.9 Å². The Morgan fingerprint density at radius 2 is 1.93 bits per heavy atom. The Hall–Kier alpha value is -1.96. The molecule has 2 heterocycles. The number of hydrogen-bond donors (Lipinski definition) is 0. The Morgan fingerprint density at radius 3 is 2.62 bits per heavy atom. The van der Waals surface area contributed by atoms with Crippen LogP contribution in [0.1, 0.15) is 30.2 Å². The third-order valence-electron chi connectivity index (χ3n) is 5.12. The van der Waals surface area contributed by atoms with Gasteiger partial charge in [-0.25, -0.2) is 4.99 Å². The van der Waals surface area contributed by atoms with Crippen LogP contribution in [0.15, 0.2) is 28.6 Å². The Morgan fingerprint density at radius 1 is 1.21 bits per heavy atom. The topological polar surface area (TPSA) is 56.1 Å². The molecule has 158 valence electrons. The fraction of sp³-hybridized carbons (Fsp3) is 0.545. The van der Waals surface area contributed by atoms with Crippen LogP contribution >= 0.6 is 11.3 Å². The van der Waals surface area contributed by atoms with Crippen LogP contribution in [0.2, 0.25) is 0 Å². The zero-order chi connectivity index (χ0) is 20.6. The summed E-state index contributed by atoms with van der Waals surface area (Å²) in [4.78, 5) is 20.4. The highest BCUT2D eigenvalue weighted by Crippen LogP contribution is 2.22. The monoisotopic (exact) mass is 417 g/mol. The van der Waals surface area contributed by atoms with Gasteiger partial charge in [-0.1, -0.05) is 18.2 Å². The molecule has 7 heteroatoms. The summed E-state index contributed by atoms with van der Waals surface area (Å²) in [6, 6.07) is 6.23. The summed E-state index contributed by atoms with van der Waals surface area (Å²) in [5.74, 6) is -0.189. The maximum absolute atomic E-state index is 12.1. The van der Waals surface area contributed by atoms with E-state index in [1.165, 1.54) is 0 Å². The van der Waals surface area contributed by atoms with Crippen LogP contribution in [0.5, 0.6) is 0 Å². The lowest BCUT2D eigenvalue weighted by atomic mass is 10.1. The number of ether oxygens (including phenoxy) is 2. The summed E-state index contributed by atoms with van der Waals surface area (Å²) >= 11 is 1.59. The van der Waals surface area contributed by atoms with Gasteiger partial charge in [-0.05, 0) is 38.3 Å². The van der Waals surface area contributed by atoms with E-state index >= 15 is 0 Å². The van der Waals surface area contributed by atoms with Crippen molar-refractivity contribution in [2.24, 2.45) is 4.99 Å². The number of hydrogen-bond acceptors (Lipinski definition) is 6. The molecular formula is C22H31N3O3S. The molecule has 29 heavy (non-hydrogen) atoms. The van der Waals surface area contributed by atoms with Gasteiger partial charge in [0.2, 0.25) is 0 Å². The molecule has 1 aliphatic rings. The third-order valence-corrected chi connectivity index (χ3v) is 6.03. The van der Waals surface area contributed by atoms with E-state index in [1.807, 2.05) is 12.3 Å². The van der Waals surface area contributed by atoms with E-state index in [0.29, 0.717) is 6.61 Å². The number of morpholine rings is 1. The fourth-order valence-corrected chi connectivity index (χ4v) is 4.48. The first-order valence-corrected chi connectivity index (χ1v) is 11.2. The lowest BCUT2D eigenvalue weighted by molar-refractivity contribution is -0.142. The van der Waals surface area contributed by atoms with E-state index in [-0.39, 0.29) is 12.4 Å². The lowest BCUT2D eigenvalue weighted by Gasteiger charge is -2.26. The van der Waals surface area contributed by atoms with Gasteiger partial charge in [0.25, 0.3) is 0 Å². The van der Waals surface area contributed by atoms with Crippen LogP contribution in [-0.4, -0.2) is 54.9 Å². The van der Waals surface area contributed by atoms with Crippen LogP contribution in [0.4, 0.5) is 5.69 Å². The normalized spacial score (nSPS) is 15.6. The average Bonchev–Trinajstić information content (AvgIpc) is 3.07. The van der Waals surface area contributed by atoms with Crippen molar-refractivity contribution in [3.8, 4) is 0 Å². The number of carbonyl (C=O) groups is 1. The van der Waals surface area contributed by atoms with Gasteiger partial charge >= 0.3 is 5.97 Å². The summed E-state index contributed by atoms with van der Waals surface area (Å²) < 4.78 is 12.8. The number of benzene rings is 1. The van der Waals surface area contributed by atoms with Crippen molar-refractivity contribution in [1.29, 1.82) is 0 Å². The van der Waals surface area contributed by atoms with Crippen molar-refractivity contribution >= 4 is 23.0 Å². The van der Waals surface area contributed by atoms with Gasteiger partial charge in [0.1, 0.15) is 0 Å². The van der Waals surface area contributed by atoms with Crippen LogP contribution in [0.3, 0.4) is 0 Å². The summed E-state index contributed by atoms with van der Waals surface area (Å²) in [6.45, 7) is 11.9. The first-order chi connectivity index (χ1) is 14.1. The smallest absolute Gasteiger partial charge is 0.311 e. The lowest BCUT2D eigenvalue weighted by Crippen LogP contribution is -2.37. The molecule has 0 radical (unpaired) electrons. The fourth-order valence-electron chi connectivity index (χ4n) is 3.55. The Kier molecular flexibility index (Phi) is 8.03. The molecule has 0 amide bonds. The number of rotatable bonds is 8. The molecule has 0 unspecified atom stereocenters. The highest BCUT2D eigenvalue weighted by molar-refractivity contribution is 7.07. The highest BCUT2D eigenvalue weighted by atomic mass is 32.1. The minimum atomic E-state index is -0.189. The van der Waals surface area contributed by atoms with E-state index in [2.05, 4.69) is 41.5 Å². The van der Waals surface area contributed by atoms with Gasteiger partial charge in [-0.15, -0.1) is 11.3 Å². The minimum Gasteiger partial charge on any atom is -0.466 e. The van der Waals surface area contributed by atoms with Gasteiger partial charge in [-0.2, -0.15) is 0 Å². The van der Waals surface area contributed by atoms with Crippen molar-refractivity contribution in [2.45, 2.75) is 40.2 Å². The van der Waals surface area contributed by atoms with Crippen molar-refractivity contribution in [3.05, 3.63) is 45.2 Å². The second-order valence-corrected chi connectivity index (χ2v) is 8.14. The maximum atomic E-state index is 12.1. The van der Waals surface area contributed by atoms with E-state index < -0.39 is 0 Å². The molecule has 1 aromatic carbocycles. The predicted molar refractivity (Wildman–Crippen MR) is 116 cm³/mol. The van der Waals surface area contributed by atoms with E-state index in [1.54, 1.807) is 11.3 Å². The summed E-state index contributed by atoms with van der Waals surface area (Å²) in [7, 11) is 0. The van der Waals surface area contributed by atoms with Crippen LogP contribution in [0.25, 0.3) is 0 Å². The summed E-state index contributed by atoms with van der Waals surface area (Å²) in [5, 5.41) is 2.04. The standard InChI is InChI=1S/C22H31N3O3S/c1-4-28-20(26)15-19-16-29-22(23-21-17(2)7-5-8-18(21)3)25(19)10-6-9-24-11-13-27-14-12-24/h5,7-8,16H,4,6,9-15H2,1-3H3. The van der Waals surface area contributed by atoms with E-state index in [0.717, 1.165) is 73.1 Å². The second-order valence-electron chi connectivity index (χ2n) is 7.30. The maximum Gasteiger partial charge on any atom is 0.311 e. The molecule has 1 saturated heterocycles. The molecule has 0 aliphatic carbocycles. The molecule has 0 bridgehead atoms. The SMILES string of the molecule is CCOC(=O)Cc1csc(=Nc2c(C)cccc2C)n1CCCN1CCOCC1. The zero-order valence-corrected chi connectivity index (χ0v) is 18.5. The number of carbonyl (C=O) groups excluding carboxylic acids is 1. The molecule has 2 aromatic rings. The number of thiazole rings is 1. The molecule has 3 rings (SSSR count). The molecule has 6 nitrogen and oxygen atoms in total. The summed E-state index contributed by atoms with van der Waals surface area (Å²) in [6.07, 6.45) is 1.29. The number of esters is 1. The average molecular weight is 418 g/mol. The molecule has 1 aliphatic heterocycles. The first-order valence-electron chi connectivity index (χ1n) is 10.3. The van der Waals surface area contributed by atoms with Gasteiger partial charge in [0.15, 0.2) is 4.80 Å². The Balaban J connectivity index is 1.84. The number of aryl methyl sites for hydroxylation is 2. The van der Waals surface area contributed by atoms with Crippen molar-refractivity contribution in [3.63, 3.8) is 0 Å². The second kappa shape index (κ2) is 10.7. The Labute approximate surface area is 176 Å². The zero-order valence-electron chi connectivity index (χ0n) is 17.6. The molecule has 1 fully saturated rings. The first kappa shape index (κ1) is 21.7. The van der Waals surface area contributed by atoms with Crippen molar-refractivity contribution in [2.75, 3.05) is 39.5 Å². The van der Waals surface area contributed by atoms with E-state index in [9.17, 15) is 4.79 Å². The molecule has 0 spiro atoms. The quantitative estimate of drug-likeness (QED) is 0.619. The van der Waals surface area contributed by atoms with Gasteiger partial charge < -0.3 is 14.0 Å². The highest BCUT2D eigenvalue weighted by Gasteiger charge is 2.14. The van der Waals surface area contributed by atoms with Crippen molar-refractivity contribution < 1.29 is 14.3 Å². The number of nitrogens with zero attached hydrogens (tertiary/aromatic N) is 3. The van der Waals surface area contributed by atoms with E-state index in [4.69, 9.17) is 14.5 Å². The third kappa shape index (κ3) is 6.01. The Bertz CT molecular complexity index is 861. The molecule has 0 N–H and O–H groups in total. The van der Waals surface area contributed by atoms with Crippen LogP contribution in [-0.2, 0) is 27.2 Å². The summed E-state index contributed by atoms with van der Waals surface area (Å²) in [5.41, 5.74) is 4.30. The molecule has 1 aromatic heterocycles. The van der Waals surface area contributed by atoms with Crippen molar-refractivity contribution in [1.82, 2.24) is 9.47 Å². The molecular weight excluding hydrogens is 386 g/mol. The van der Waals surface area contributed by atoms with Gasteiger partial charge in [-0.3, -0.25) is 9.69 Å². The van der Waals surface area contributed by atoms with Crippen LogP contribution in [0, 0.1) is 13.8 Å². The minimum absolute atomic E-state index is 0.189. The largest absolute Gasteiger partial charge is 0.466 e. The predicted octanol–water partition coefficient (Wildman–Crippen LogP) is 3.23. The number of para-hydroxylation sites is 1. The molecule has 0 saturated carbocycles.